The summed E-state index contributed by atoms with van der Waals surface area (Å²) in [4.78, 5) is 14.3. The molecule has 0 saturated carbocycles. The van der Waals surface area contributed by atoms with Crippen molar-refractivity contribution in [2.45, 2.75) is 19.9 Å². The second-order valence-electron chi connectivity index (χ2n) is 4.09. The average molecular weight is 327 g/mol. The zero-order valence-corrected chi connectivity index (χ0v) is 11.9. The first-order valence-electron chi connectivity index (χ1n) is 5.49. The van der Waals surface area contributed by atoms with E-state index in [0.717, 1.165) is 0 Å². The lowest BCUT2D eigenvalue weighted by Gasteiger charge is -2.04. The van der Waals surface area contributed by atoms with E-state index in [2.05, 4.69) is 26.0 Å². The van der Waals surface area contributed by atoms with Crippen molar-refractivity contribution in [1.29, 1.82) is 0 Å². The Bertz CT molecular complexity index is 612. The summed E-state index contributed by atoms with van der Waals surface area (Å²) in [5.74, 6) is 0.350. The first-order valence-corrected chi connectivity index (χ1v) is 6.28. The fourth-order valence-corrected chi connectivity index (χ4v) is 1.71. The number of hydrogen-bond acceptors (Lipinski definition) is 5. The molecule has 0 radical (unpaired) electrons. The molecule has 0 amide bonds. The summed E-state index contributed by atoms with van der Waals surface area (Å²) >= 11 is 3.13. The van der Waals surface area contributed by atoms with Crippen molar-refractivity contribution in [3.63, 3.8) is 0 Å². The quantitative estimate of drug-likeness (QED) is 0.635. The van der Waals surface area contributed by atoms with Gasteiger partial charge in [-0.2, -0.15) is 5.10 Å². The smallest absolute Gasteiger partial charge is 0.332 e. The van der Waals surface area contributed by atoms with Crippen LogP contribution in [0.25, 0.3) is 0 Å². The van der Waals surface area contributed by atoms with Crippen LogP contribution in [0.15, 0.2) is 29.1 Å². The first kappa shape index (κ1) is 13.5. The minimum atomic E-state index is -0.542. The second-order valence-corrected chi connectivity index (χ2v) is 5.00. The molecular formula is C11H11BrN4O3. The van der Waals surface area contributed by atoms with Gasteiger partial charge in [0.1, 0.15) is 0 Å². The maximum absolute atomic E-state index is 10.9. The van der Waals surface area contributed by atoms with E-state index in [9.17, 15) is 10.1 Å². The first-order chi connectivity index (χ1) is 8.97. The lowest BCUT2D eigenvalue weighted by atomic mass is 10.4. The third kappa shape index (κ3) is 3.08. The SMILES string of the molecule is CC(C)n1cc(Oc2ncc(Br)cc2[N+](=O)[O-])cn1. The zero-order chi connectivity index (χ0) is 14.0. The summed E-state index contributed by atoms with van der Waals surface area (Å²) in [6.45, 7) is 3.94. The van der Waals surface area contributed by atoms with Gasteiger partial charge in [0.15, 0.2) is 5.75 Å². The summed E-state index contributed by atoms with van der Waals surface area (Å²) in [6, 6.07) is 1.53. The number of nitro groups is 1. The number of hydrogen-bond donors (Lipinski definition) is 0. The Hall–Kier alpha value is -1.96. The van der Waals surface area contributed by atoms with E-state index in [1.165, 1.54) is 18.5 Å². The maximum atomic E-state index is 10.9. The van der Waals surface area contributed by atoms with Crippen molar-refractivity contribution >= 4 is 21.6 Å². The molecule has 2 heterocycles. The highest BCUT2D eigenvalue weighted by Crippen LogP contribution is 2.31. The number of nitrogens with zero attached hydrogens (tertiary/aromatic N) is 4. The van der Waals surface area contributed by atoms with Crippen molar-refractivity contribution in [2.75, 3.05) is 0 Å². The van der Waals surface area contributed by atoms with Crippen molar-refractivity contribution < 1.29 is 9.66 Å². The molecule has 0 aromatic carbocycles. The van der Waals surface area contributed by atoms with Gasteiger partial charge in [-0.1, -0.05) is 0 Å². The molecule has 7 nitrogen and oxygen atoms in total. The van der Waals surface area contributed by atoms with E-state index in [-0.39, 0.29) is 17.6 Å². The molecule has 2 aromatic rings. The predicted octanol–water partition coefficient (Wildman–Crippen LogP) is 3.32. The molecule has 0 N–H and O–H groups in total. The average Bonchev–Trinajstić information content (AvgIpc) is 2.80. The molecule has 0 spiro atoms. The molecule has 0 aliphatic rings. The van der Waals surface area contributed by atoms with Crippen LogP contribution in [-0.4, -0.2) is 19.7 Å². The Morgan fingerprint density at radius 1 is 1.47 bits per heavy atom. The highest BCUT2D eigenvalue weighted by atomic mass is 79.9. The molecule has 0 aliphatic carbocycles. The van der Waals surface area contributed by atoms with Gasteiger partial charge in [-0.3, -0.25) is 14.8 Å². The van der Waals surface area contributed by atoms with Gasteiger partial charge in [-0.05, 0) is 29.8 Å². The van der Waals surface area contributed by atoms with Crippen molar-refractivity contribution in [2.24, 2.45) is 0 Å². The van der Waals surface area contributed by atoms with Crippen molar-refractivity contribution in [3.05, 3.63) is 39.2 Å². The fraction of sp³-hybridized carbons (Fsp3) is 0.273. The summed E-state index contributed by atoms with van der Waals surface area (Å²) in [5.41, 5.74) is -0.202. The lowest BCUT2D eigenvalue weighted by molar-refractivity contribution is -0.386. The van der Waals surface area contributed by atoms with E-state index in [4.69, 9.17) is 4.74 Å². The number of pyridine rings is 1. The molecule has 19 heavy (non-hydrogen) atoms. The Kier molecular flexibility index (Phi) is 3.79. The van der Waals surface area contributed by atoms with E-state index < -0.39 is 4.92 Å². The Morgan fingerprint density at radius 3 is 2.79 bits per heavy atom. The van der Waals surface area contributed by atoms with E-state index in [0.29, 0.717) is 10.2 Å². The summed E-state index contributed by atoms with van der Waals surface area (Å²) in [7, 11) is 0. The van der Waals surface area contributed by atoms with E-state index >= 15 is 0 Å². The molecule has 0 unspecified atom stereocenters. The van der Waals surface area contributed by atoms with Crippen LogP contribution in [0, 0.1) is 10.1 Å². The Balaban J connectivity index is 2.29. The molecule has 0 bridgehead atoms. The molecule has 2 rings (SSSR count). The standard InChI is InChI=1S/C11H11BrN4O3/c1-7(2)15-6-9(5-14-15)19-11-10(16(17)18)3-8(12)4-13-11/h3-7H,1-2H3. The van der Waals surface area contributed by atoms with Crippen LogP contribution in [0.4, 0.5) is 5.69 Å². The van der Waals surface area contributed by atoms with Gasteiger partial charge >= 0.3 is 5.69 Å². The molecule has 0 atom stereocenters. The Morgan fingerprint density at radius 2 is 2.21 bits per heavy atom. The van der Waals surface area contributed by atoms with Crippen LogP contribution in [0.2, 0.25) is 0 Å². The monoisotopic (exact) mass is 326 g/mol. The molecule has 100 valence electrons. The van der Waals surface area contributed by atoms with E-state index in [1.54, 1.807) is 10.9 Å². The van der Waals surface area contributed by atoms with Gasteiger partial charge in [0.2, 0.25) is 0 Å². The molecule has 0 aliphatic heterocycles. The molecule has 0 saturated heterocycles. The highest BCUT2D eigenvalue weighted by Gasteiger charge is 2.19. The van der Waals surface area contributed by atoms with Crippen LogP contribution in [0.5, 0.6) is 11.6 Å². The van der Waals surface area contributed by atoms with Gasteiger partial charge in [0, 0.05) is 22.8 Å². The summed E-state index contributed by atoms with van der Waals surface area (Å²) < 4.78 is 7.61. The lowest BCUT2D eigenvalue weighted by Crippen LogP contribution is -2.00. The van der Waals surface area contributed by atoms with Crippen LogP contribution in [0.1, 0.15) is 19.9 Å². The molecular weight excluding hydrogens is 316 g/mol. The van der Waals surface area contributed by atoms with Gasteiger partial charge in [0.25, 0.3) is 5.88 Å². The third-order valence-corrected chi connectivity index (χ3v) is 2.75. The highest BCUT2D eigenvalue weighted by molar-refractivity contribution is 9.10. The topological polar surface area (TPSA) is 83.1 Å². The number of halogens is 1. The summed E-state index contributed by atoms with van der Waals surface area (Å²) in [5, 5.41) is 15.0. The molecule has 2 aromatic heterocycles. The second kappa shape index (κ2) is 5.35. The molecule has 0 fully saturated rings. The fourth-order valence-electron chi connectivity index (χ4n) is 1.39. The normalized spacial score (nSPS) is 10.7. The number of ether oxygens (including phenoxy) is 1. The van der Waals surface area contributed by atoms with Gasteiger partial charge in [-0.25, -0.2) is 4.98 Å². The zero-order valence-electron chi connectivity index (χ0n) is 10.3. The van der Waals surface area contributed by atoms with E-state index in [1.807, 2.05) is 13.8 Å². The maximum Gasteiger partial charge on any atom is 0.332 e. The Labute approximate surface area is 117 Å². The minimum Gasteiger partial charge on any atom is -0.430 e. The molecule has 8 heteroatoms. The van der Waals surface area contributed by atoms with Crippen LogP contribution >= 0.6 is 15.9 Å². The number of aromatic nitrogens is 3. The van der Waals surface area contributed by atoms with Gasteiger partial charge < -0.3 is 4.74 Å². The van der Waals surface area contributed by atoms with Crippen molar-refractivity contribution in [1.82, 2.24) is 14.8 Å². The van der Waals surface area contributed by atoms with Gasteiger partial charge in [-0.15, -0.1) is 0 Å². The predicted molar refractivity (Wildman–Crippen MR) is 71.3 cm³/mol. The number of rotatable bonds is 4. The minimum absolute atomic E-state index is 0.0588. The van der Waals surface area contributed by atoms with Crippen LogP contribution < -0.4 is 4.74 Å². The summed E-state index contributed by atoms with van der Waals surface area (Å²) in [6.07, 6.45) is 4.60. The largest absolute Gasteiger partial charge is 0.430 e. The van der Waals surface area contributed by atoms with Crippen LogP contribution in [0.3, 0.4) is 0 Å². The van der Waals surface area contributed by atoms with Gasteiger partial charge in [0.05, 0.1) is 17.3 Å². The third-order valence-electron chi connectivity index (χ3n) is 2.32. The van der Waals surface area contributed by atoms with Crippen molar-refractivity contribution in [3.8, 4) is 11.6 Å². The van der Waals surface area contributed by atoms with Crippen LogP contribution in [-0.2, 0) is 0 Å².